The van der Waals surface area contributed by atoms with Gasteiger partial charge in [0.15, 0.2) is 0 Å². The van der Waals surface area contributed by atoms with E-state index in [0.717, 1.165) is 46.1 Å². The van der Waals surface area contributed by atoms with Gasteiger partial charge in [-0.25, -0.2) is 5.01 Å². The predicted molar refractivity (Wildman–Crippen MR) is 130 cm³/mol. The smallest absolute Gasteiger partial charge is 0.213 e. The van der Waals surface area contributed by atoms with Crippen LogP contribution in [0.4, 0.5) is 0 Å². The number of ether oxygens (including phenoxy) is 3. The van der Waals surface area contributed by atoms with Crippen LogP contribution in [-0.4, -0.2) is 23.4 Å². The summed E-state index contributed by atoms with van der Waals surface area (Å²) in [5.74, 6) is 2.55. The van der Waals surface area contributed by atoms with Gasteiger partial charge in [-0.3, -0.25) is 0 Å². The summed E-state index contributed by atoms with van der Waals surface area (Å²) in [6, 6.07) is 22.0. The second kappa shape index (κ2) is 8.99. The maximum Gasteiger partial charge on any atom is 0.213 e. The molecule has 0 radical (unpaired) electrons. The summed E-state index contributed by atoms with van der Waals surface area (Å²) < 4.78 is 17.8. The monoisotopic (exact) mass is 462 g/mol. The van der Waals surface area contributed by atoms with Crippen LogP contribution in [0.1, 0.15) is 56.2 Å². The van der Waals surface area contributed by atoms with E-state index in [9.17, 15) is 0 Å². The summed E-state index contributed by atoms with van der Waals surface area (Å²) in [6.07, 6.45) is 0.565. The zero-order valence-corrected chi connectivity index (χ0v) is 19.8. The number of fused-ring (bicyclic) bond motifs is 3. The summed E-state index contributed by atoms with van der Waals surface area (Å²) in [7, 11) is 0. The lowest BCUT2D eigenvalue weighted by Gasteiger charge is -2.38. The van der Waals surface area contributed by atoms with Crippen LogP contribution in [0.15, 0.2) is 71.8 Å². The maximum absolute atomic E-state index is 6.44. The molecule has 0 saturated heterocycles. The summed E-state index contributed by atoms with van der Waals surface area (Å²) in [6.45, 7) is 6.67. The van der Waals surface area contributed by atoms with Gasteiger partial charge < -0.3 is 14.2 Å². The standard InChI is InChI=1S/C27H27ClN2O3/c1-4-31-21-10-5-18(6-11-21)24-16-25-23-15-20(28)9-14-26(23)33-27(30(25)29-24)19-7-12-22(13-8-19)32-17(2)3/h5-15,17,25,27H,4,16H2,1-3H3/t25-,27+/m1/s1. The third kappa shape index (κ3) is 4.38. The van der Waals surface area contributed by atoms with Crippen LogP contribution in [-0.2, 0) is 0 Å². The van der Waals surface area contributed by atoms with Gasteiger partial charge in [0.05, 0.1) is 24.5 Å². The van der Waals surface area contributed by atoms with Crippen molar-refractivity contribution in [3.8, 4) is 17.2 Å². The van der Waals surface area contributed by atoms with Gasteiger partial charge in [-0.2, -0.15) is 5.10 Å². The van der Waals surface area contributed by atoms with Crippen molar-refractivity contribution in [2.24, 2.45) is 5.10 Å². The quantitative estimate of drug-likeness (QED) is 0.405. The Morgan fingerprint density at radius 1 is 1.03 bits per heavy atom. The lowest BCUT2D eigenvalue weighted by Crippen LogP contribution is -2.33. The fourth-order valence-electron chi connectivity index (χ4n) is 4.35. The second-order valence-corrected chi connectivity index (χ2v) is 8.93. The molecule has 2 aliphatic heterocycles. The Hall–Kier alpha value is -3.18. The molecular formula is C27H27ClN2O3. The molecule has 3 aromatic rings. The molecule has 3 aromatic carbocycles. The Bertz CT molecular complexity index is 1160. The molecular weight excluding hydrogens is 436 g/mol. The summed E-state index contributed by atoms with van der Waals surface area (Å²) in [4.78, 5) is 0. The van der Waals surface area contributed by atoms with E-state index in [-0.39, 0.29) is 18.4 Å². The second-order valence-electron chi connectivity index (χ2n) is 8.49. The highest BCUT2D eigenvalue weighted by atomic mass is 35.5. The number of nitrogens with zero attached hydrogens (tertiary/aromatic N) is 2. The predicted octanol–water partition coefficient (Wildman–Crippen LogP) is 6.77. The molecule has 0 spiro atoms. The fourth-order valence-corrected chi connectivity index (χ4v) is 4.53. The largest absolute Gasteiger partial charge is 0.494 e. The van der Waals surface area contributed by atoms with E-state index in [2.05, 4.69) is 17.1 Å². The Morgan fingerprint density at radius 2 is 1.76 bits per heavy atom. The first-order valence-electron chi connectivity index (χ1n) is 11.3. The number of rotatable bonds is 6. The van der Waals surface area contributed by atoms with Crippen molar-refractivity contribution in [3.05, 3.63) is 88.4 Å². The highest BCUT2D eigenvalue weighted by molar-refractivity contribution is 6.30. The molecule has 2 heterocycles. The van der Waals surface area contributed by atoms with Gasteiger partial charge in [0.2, 0.25) is 6.23 Å². The summed E-state index contributed by atoms with van der Waals surface area (Å²) in [5, 5.41) is 7.78. The Balaban J connectivity index is 1.49. The molecule has 0 N–H and O–H groups in total. The number of hydrogen-bond donors (Lipinski definition) is 0. The van der Waals surface area contributed by atoms with Crippen LogP contribution in [0.5, 0.6) is 17.2 Å². The van der Waals surface area contributed by atoms with Gasteiger partial charge >= 0.3 is 0 Å². The molecule has 6 heteroatoms. The fraction of sp³-hybridized carbons (Fsp3) is 0.296. The average molecular weight is 463 g/mol. The molecule has 2 aliphatic rings. The molecule has 0 aromatic heterocycles. The molecule has 0 aliphatic carbocycles. The number of hydrogen-bond acceptors (Lipinski definition) is 5. The molecule has 5 rings (SSSR count). The van der Waals surface area contributed by atoms with Crippen molar-refractivity contribution in [1.82, 2.24) is 5.01 Å². The van der Waals surface area contributed by atoms with Crippen LogP contribution in [0, 0.1) is 0 Å². The van der Waals surface area contributed by atoms with Crippen molar-refractivity contribution < 1.29 is 14.2 Å². The van der Waals surface area contributed by atoms with Crippen molar-refractivity contribution in [2.75, 3.05) is 6.61 Å². The zero-order chi connectivity index (χ0) is 22.9. The molecule has 0 bridgehead atoms. The first-order valence-corrected chi connectivity index (χ1v) is 11.7. The van der Waals surface area contributed by atoms with Gasteiger partial charge in [-0.15, -0.1) is 0 Å². The minimum Gasteiger partial charge on any atom is -0.494 e. The zero-order valence-electron chi connectivity index (χ0n) is 19.0. The topological polar surface area (TPSA) is 43.3 Å². The Kier molecular flexibility index (Phi) is 5.90. The van der Waals surface area contributed by atoms with E-state index in [4.69, 9.17) is 30.9 Å². The molecule has 2 atom stereocenters. The van der Waals surface area contributed by atoms with Crippen molar-refractivity contribution in [3.63, 3.8) is 0 Å². The van der Waals surface area contributed by atoms with E-state index in [1.54, 1.807) is 0 Å². The molecule has 170 valence electrons. The van der Waals surface area contributed by atoms with Gasteiger partial charge in [0.1, 0.15) is 17.2 Å². The maximum atomic E-state index is 6.44. The van der Waals surface area contributed by atoms with Crippen molar-refractivity contribution in [2.45, 2.75) is 45.6 Å². The van der Waals surface area contributed by atoms with Crippen LogP contribution in [0.3, 0.4) is 0 Å². The molecule has 0 fully saturated rings. The summed E-state index contributed by atoms with van der Waals surface area (Å²) >= 11 is 6.34. The lowest BCUT2D eigenvalue weighted by molar-refractivity contribution is -0.0190. The third-order valence-electron chi connectivity index (χ3n) is 5.79. The highest BCUT2D eigenvalue weighted by Crippen LogP contribution is 2.48. The first-order chi connectivity index (χ1) is 16.0. The van der Waals surface area contributed by atoms with Crippen LogP contribution < -0.4 is 14.2 Å². The minimum atomic E-state index is -0.336. The van der Waals surface area contributed by atoms with Crippen LogP contribution >= 0.6 is 11.6 Å². The molecule has 0 amide bonds. The normalized spacial score (nSPS) is 18.9. The Labute approximate surface area is 199 Å². The minimum absolute atomic E-state index is 0.0469. The highest BCUT2D eigenvalue weighted by Gasteiger charge is 2.41. The SMILES string of the molecule is CCOc1ccc(C2=NN3[C@H](C2)c2cc(Cl)ccc2O[C@H]3c2ccc(OC(C)C)cc2)cc1. The van der Waals surface area contributed by atoms with Crippen molar-refractivity contribution >= 4 is 17.3 Å². The molecule has 0 saturated carbocycles. The first kappa shape index (κ1) is 21.7. The van der Waals surface area contributed by atoms with Crippen LogP contribution in [0.25, 0.3) is 0 Å². The number of benzene rings is 3. The van der Waals surface area contributed by atoms with E-state index in [1.165, 1.54) is 0 Å². The lowest BCUT2D eigenvalue weighted by atomic mass is 9.96. The molecule has 5 nitrogen and oxygen atoms in total. The van der Waals surface area contributed by atoms with Crippen LogP contribution in [0.2, 0.25) is 5.02 Å². The molecule has 0 unspecified atom stereocenters. The van der Waals surface area contributed by atoms with E-state index in [0.29, 0.717) is 11.6 Å². The van der Waals surface area contributed by atoms with Gasteiger partial charge in [0.25, 0.3) is 0 Å². The van der Waals surface area contributed by atoms with E-state index in [1.807, 2.05) is 75.4 Å². The van der Waals surface area contributed by atoms with E-state index >= 15 is 0 Å². The van der Waals surface area contributed by atoms with Gasteiger partial charge in [0, 0.05) is 22.6 Å². The van der Waals surface area contributed by atoms with E-state index < -0.39 is 0 Å². The number of halogens is 1. The third-order valence-corrected chi connectivity index (χ3v) is 6.02. The Morgan fingerprint density at radius 3 is 2.45 bits per heavy atom. The van der Waals surface area contributed by atoms with Gasteiger partial charge in [-0.05, 0) is 93.1 Å². The van der Waals surface area contributed by atoms with Gasteiger partial charge in [-0.1, -0.05) is 11.6 Å². The number of hydrazone groups is 1. The molecule has 33 heavy (non-hydrogen) atoms. The van der Waals surface area contributed by atoms with Crippen molar-refractivity contribution in [1.29, 1.82) is 0 Å². The average Bonchev–Trinajstić information content (AvgIpc) is 3.25. The summed E-state index contributed by atoms with van der Waals surface area (Å²) in [5.41, 5.74) is 4.18.